The maximum absolute atomic E-state index is 5.38. The number of hydrazine groups is 1. The number of nitrogens with one attached hydrogen (secondary N) is 2. The summed E-state index contributed by atoms with van der Waals surface area (Å²) in [7, 11) is 1.66. The highest BCUT2D eigenvalue weighted by Gasteiger charge is 2.30. The molecule has 24 heavy (non-hydrogen) atoms. The minimum absolute atomic E-state index is 0.0703. The minimum atomic E-state index is -0.0703. The molecule has 3 aromatic rings. The van der Waals surface area contributed by atoms with Crippen molar-refractivity contribution < 1.29 is 9.26 Å². The van der Waals surface area contributed by atoms with Crippen molar-refractivity contribution in [3.63, 3.8) is 0 Å². The van der Waals surface area contributed by atoms with Gasteiger partial charge in [0.2, 0.25) is 11.7 Å². The van der Waals surface area contributed by atoms with Crippen molar-refractivity contribution in [2.75, 3.05) is 7.11 Å². The van der Waals surface area contributed by atoms with Crippen LogP contribution >= 0.6 is 0 Å². The van der Waals surface area contributed by atoms with Crippen LogP contribution in [0.2, 0.25) is 0 Å². The summed E-state index contributed by atoms with van der Waals surface area (Å²) in [5, 5.41) is 11.8. The predicted octanol–water partition coefficient (Wildman–Crippen LogP) is 1.82. The van der Waals surface area contributed by atoms with Gasteiger partial charge in [-0.25, -0.2) is 10.9 Å². The van der Waals surface area contributed by atoms with Gasteiger partial charge in [0.05, 0.1) is 7.11 Å². The summed E-state index contributed by atoms with van der Waals surface area (Å²) < 4.78 is 10.7. The van der Waals surface area contributed by atoms with Gasteiger partial charge in [0.25, 0.3) is 0 Å². The largest absolute Gasteiger partial charge is 0.497 e. The highest BCUT2D eigenvalue weighted by molar-refractivity contribution is 5.46. The van der Waals surface area contributed by atoms with E-state index in [0.29, 0.717) is 17.4 Å². The van der Waals surface area contributed by atoms with E-state index in [2.05, 4.69) is 37.3 Å². The zero-order valence-electron chi connectivity index (χ0n) is 13.0. The maximum Gasteiger partial charge on any atom is 0.245 e. The van der Waals surface area contributed by atoms with Crippen molar-refractivity contribution in [3.8, 4) is 17.3 Å². The second-order valence-corrected chi connectivity index (χ2v) is 5.47. The molecule has 0 bridgehead atoms. The molecule has 1 fully saturated rings. The molecule has 122 valence electrons. The molecule has 1 aliphatic heterocycles. The number of hydrogen-bond acceptors (Lipinski definition) is 8. The summed E-state index contributed by atoms with van der Waals surface area (Å²) in [6.45, 7) is 0. The van der Waals surface area contributed by atoms with Gasteiger partial charge in [-0.1, -0.05) is 17.3 Å². The monoisotopic (exact) mass is 324 g/mol. The Bertz CT molecular complexity index is 822. The lowest BCUT2D eigenvalue weighted by Gasteiger charge is -2.10. The van der Waals surface area contributed by atoms with Crippen LogP contribution in [0.4, 0.5) is 0 Å². The molecule has 8 heteroatoms. The van der Waals surface area contributed by atoms with Gasteiger partial charge >= 0.3 is 0 Å². The molecule has 0 radical (unpaired) electrons. The average molecular weight is 324 g/mol. The highest BCUT2D eigenvalue weighted by atomic mass is 16.5. The normalized spacial score (nSPS) is 20.2. The molecule has 1 aromatic carbocycles. The van der Waals surface area contributed by atoms with Crippen LogP contribution in [-0.2, 0) is 0 Å². The van der Waals surface area contributed by atoms with Gasteiger partial charge in [0, 0.05) is 12.2 Å². The second kappa shape index (κ2) is 6.34. The lowest BCUT2D eigenvalue weighted by Crippen LogP contribution is -2.26. The molecule has 0 amide bonds. The molecule has 1 saturated heterocycles. The third-order valence-corrected chi connectivity index (χ3v) is 3.94. The smallest absolute Gasteiger partial charge is 0.245 e. The molecule has 0 spiro atoms. The molecule has 2 atom stereocenters. The Morgan fingerprint density at radius 3 is 2.92 bits per heavy atom. The second-order valence-electron chi connectivity index (χ2n) is 5.47. The Balaban J connectivity index is 1.50. The van der Waals surface area contributed by atoms with Crippen LogP contribution in [0.15, 0.2) is 47.1 Å². The van der Waals surface area contributed by atoms with Crippen molar-refractivity contribution in [2.45, 2.75) is 18.5 Å². The number of rotatable bonds is 4. The molecule has 2 unspecified atom stereocenters. The van der Waals surface area contributed by atoms with Gasteiger partial charge in [0.1, 0.15) is 17.5 Å². The molecular weight excluding hydrogens is 308 g/mol. The maximum atomic E-state index is 5.38. The van der Waals surface area contributed by atoms with E-state index in [1.807, 2.05) is 18.2 Å². The molecule has 2 N–H and O–H groups in total. The van der Waals surface area contributed by atoms with Crippen molar-refractivity contribution in [1.29, 1.82) is 0 Å². The Morgan fingerprint density at radius 1 is 1.17 bits per heavy atom. The topological polar surface area (TPSA) is 98.0 Å². The third-order valence-electron chi connectivity index (χ3n) is 3.94. The molecule has 0 aliphatic carbocycles. The lowest BCUT2D eigenvalue weighted by molar-refractivity contribution is 0.340. The average Bonchev–Trinajstić information content (AvgIpc) is 3.32. The lowest BCUT2D eigenvalue weighted by atomic mass is 10.0. The minimum Gasteiger partial charge on any atom is -0.497 e. The summed E-state index contributed by atoms with van der Waals surface area (Å²) in [6, 6.07) is 11.6. The van der Waals surface area contributed by atoms with Crippen LogP contribution in [0.3, 0.4) is 0 Å². The number of ether oxygens (including phenoxy) is 1. The highest BCUT2D eigenvalue weighted by Crippen LogP contribution is 2.31. The third kappa shape index (κ3) is 2.84. The van der Waals surface area contributed by atoms with Gasteiger partial charge < -0.3 is 9.26 Å². The van der Waals surface area contributed by atoms with Gasteiger partial charge in [0.15, 0.2) is 0 Å². The summed E-state index contributed by atoms with van der Waals surface area (Å²) in [4.78, 5) is 4.42. The number of aromatic nitrogens is 4. The van der Waals surface area contributed by atoms with E-state index in [1.165, 1.54) is 0 Å². The van der Waals surface area contributed by atoms with Gasteiger partial charge in [-0.2, -0.15) is 10.1 Å². The van der Waals surface area contributed by atoms with Crippen molar-refractivity contribution in [2.24, 2.45) is 0 Å². The zero-order valence-corrected chi connectivity index (χ0v) is 13.0. The molecule has 2 aromatic heterocycles. The summed E-state index contributed by atoms with van der Waals surface area (Å²) >= 11 is 0. The summed E-state index contributed by atoms with van der Waals surface area (Å²) in [6.07, 6.45) is 2.39. The van der Waals surface area contributed by atoms with Crippen molar-refractivity contribution in [3.05, 3.63) is 54.0 Å². The van der Waals surface area contributed by atoms with Crippen LogP contribution < -0.4 is 15.6 Å². The zero-order chi connectivity index (χ0) is 16.4. The molecule has 3 heterocycles. The first-order chi connectivity index (χ1) is 11.8. The van der Waals surface area contributed by atoms with Crippen LogP contribution in [0.5, 0.6) is 5.75 Å². The van der Waals surface area contributed by atoms with Crippen LogP contribution in [0.1, 0.15) is 30.0 Å². The molecule has 1 aliphatic rings. The van der Waals surface area contributed by atoms with E-state index < -0.39 is 0 Å². The Labute approximate surface area is 138 Å². The van der Waals surface area contributed by atoms with E-state index in [4.69, 9.17) is 9.26 Å². The molecule has 4 rings (SSSR count). The summed E-state index contributed by atoms with van der Waals surface area (Å²) in [5.74, 6) is 1.79. The standard InChI is InChI=1S/C16H16N6O2/c1-23-11-5-2-4-10(8-11)13-9-14(21-20-13)16-18-15(22-24-16)12-6-3-7-17-19-12/h2-8,13-14,20-21H,9H2,1H3. The van der Waals surface area contributed by atoms with Crippen LogP contribution in [0, 0.1) is 0 Å². The Hall–Kier alpha value is -2.84. The first-order valence-corrected chi connectivity index (χ1v) is 7.60. The first kappa shape index (κ1) is 14.7. The Morgan fingerprint density at radius 2 is 2.08 bits per heavy atom. The van der Waals surface area contributed by atoms with Gasteiger partial charge in [-0.15, -0.1) is 5.10 Å². The van der Waals surface area contributed by atoms with Crippen molar-refractivity contribution in [1.82, 2.24) is 31.2 Å². The SMILES string of the molecule is COc1cccc(C2CC(c3nc(-c4cccnn4)no3)NN2)c1. The van der Waals surface area contributed by atoms with E-state index in [-0.39, 0.29) is 12.1 Å². The van der Waals surface area contributed by atoms with E-state index in [1.54, 1.807) is 25.4 Å². The fourth-order valence-corrected chi connectivity index (χ4v) is 2.70. The van der Waals surface area contributed by atoms with Gasteiger partial charge in [-0.05, 0) is 36.2 Å². The fourth-order valence-electron chi connectivity index (χ4n) is 2.70. The predicted molar refractivity (Wildman–Crippen MR) is 84.7 cm³/mol. The van der Waals surface area contributed by atoms with Gasteiger partial charge in [-0.3, -0.25) is 0 Å². The quantitative estimate of drug-likeness (QED) is 0.750. The van der Waals surface area contributed by atoms with Crippen molar-refractivity contribution >= 4 is 0 Å². The Kier molecular flexibility index (Phi) is 3.89. The fraction of sp³-hybridized carbons (Fsp3) is 0.250. The van der Waals surface area contributed by atoms with E-state index >= 15 is 0 Å². The van der Waals surface area contributed by atoms with E-state index in [9.17, 15) is 0 Å². The number of nitrogens with zero attached hydrogens (tertiary/aromatic N) is 4. The molecular formula is C16H16N6O2. The molecule has 0 saturated carbocycles. The number of hydrogen-bond donors (Lipinski definition) is 2. The van der Waals surface area contributed by atoms with E-state index in [0.717, 1.165) is 17.7 Å². The summed E-state index contributed by atoms with van der Waals surface area (Å²) in [5.41, 5.74) is 8.18. The number of methoxy groups -OCH3 is 1. The van der Waals surface area contributed by atoms with Crippen LogP contribution in [0.25, 0.3) is 11.5 Å². The number of benzene rings is 1. The van der Waals surface area contributed by atoms with Crippen LogP contribution in [-0.4, -0.2) is 27.4 Å². The molecule has 8 nitrogen and oxygen atoms in total. The first-order valence-electron chi connectivity index (χ1n) is 7.60.